The van der Waals surface area contributed by atoms with Crippen LogP contribution in [0.2, 0.25) is 0 Å². The van der Waals surface area contributed by atoms with E-state index in [1.807, 2.05) is 17.0 Å². The summed E-state index contributed by atoms with van der Waals surface area (Å²) in [5.74, 6) is 0. The minimum Gasteiger partial charge on any atom is -0.336 e. The topological polar surface area (TPSA) is 47.1 Å². The van der Waals surface area contributed by atoms with Gasteiger partial charge in [0.15, 0.2) is 0 Å². The zero-order valence-corrected chi connectivity index (χ0v) is 11.2. The molecule has 2 N–H and O–H groups in total. The van der Waals surface area contributed by atoms with Crippen LogP contribution >= 0.6 is 0 Å². The van der Waals surface area contributed by atoms with Crippen molar-refractivity contribution in [3.05, 3.63) is 30.9 Å². The Hall–Kier alpha value is -1.13. The van der Waals surface area contributed by atoms with Crippen LogP contribution in [0.4, 0.5) is 0 Å². The molecule has 17 heavy (non-hydrogen) atoms. The van der Waals surface area contributed by atoms with E-state index >= 15 is 0 Å². The molecule has 1 aromatic rings. The van der Waals surface area contributed by atoms with Crippen molar-refractivity contribution in [3.8, 4) is 0 Å². The molecular formula is C13H24N4. The molecule has 0 radical (unpaired) electrons. The molecular weight excluding hydrogens is 212 g/mol. The molecule has 0 saturated carbocycles. The van der Waals surface area contributed by atoms with Gasteiger partial charge in [-0.1, -0.05) is 6.08 Å². The Bertz CT molecular complexity index is 349. The summed E-state index contributed by atoms with van der Waals surface area (Å²) in [6.45, 7) is 13.6. The van der Waals surface area contributed by atoms with Crippen LogP contribution < -0.4 is 5.73 Å². The van der Waals surface area contributed by atoms with Crippen LogP contribution in [0.5, 0.6) is 0 Å². The molecule has 1 rings (SSSR count). The van der Waals surface area contributed by atoms with Gasteiger partial charge in [0, 0.05) is 37.9 Å². The van der Waals surface area contributed by atoms with Crippen molar-refractivity contribution >= 4 is 0 Å². The van der Waals surface area contributed by atoms with E-state index in [0.29, 0.717) is 6.54 Å². The van der Waals surface area contributed by atoms with Gasteiger partial charge in [0.05, 0.1) is 12.0 Å². The third kappa shape index (κ3) is 4.32. The molecule has 1 heterocycles. The van der Waals surface area contributed by atoms with Gasteiger partial charge in [0.25, 0.3) is 0 Å². The third-order valence-corrected chi connectivity index (χ3v) is 2.73. The highest BCUT2D eigenvalue weighted by Gasteiger charge is 2.20. The number of rotatable bonds is 6. The van der Waals surface area contributed by atoms with E-state index in [1.54, 1.807) is 0 Å². The fourth-order valence-electron chi connectivity index (χ4n) is 1.69. The molecule has 0 aromatic carbocycles. The van der Waals surface area contributed by atoms with E-state index in [-0.39, 0.29) is 5.54 Å². The second-order valence-electron chi connectivity index (χ2n) is 5.23. The van der Waals surface area contributed by atoms with E-state index < -0.39 is 0 Å². The fraction of sp³-hybridized carbons (Fsp3) is 0.615. The third-order valence-electron chi connectivity index (χ3n) is 2.73. The highest BCUT2D eigenvalue weighted by Crippen LogP contribution is 2.16. The number of nitrogens with zero attached hydrogens (tertiary/aromatic N) is 3. The molecule has 0 saturated heterocycles. The monoisotopic (exact) mass is 236 g/mol. The van der Waals surface area contributed by atoms with Crippen LogP contribution in [0, 0.1) is 0 Å². The molecule has 0 amide bonds. The normalized spacial score (nSPS) is 12.1. The van der Waals surface area contributed by atoms with E-state index in [0.717, 1.165) is 25.3 Å². The minimum absolute atomic E-state index is 0.117. The van der Waals surface area contributed by atoms with Gasteiger partial charge in [-0.25, -0.2) is 4.98 Å². The Morgan fingerprint density at radius 3 is 2.76 bits per heavy atom. The lowest BCUT2D eigenvalue weighted by Gasteiger charge is -2.34. The van der Waals surface area contributed by atoms with Gasteiger partial charge in [-0.15, -0.1) is 6.58 Å². The quantitative estimate of drug-likeness (QED) is 0.764. The first-order chi connectivity index (χ1) is 7.97. The molecule has 0 aliphatic carbocycles. The molecule has 0 atom stereocenters. The summed E-state index contributed by atoms with van der Waals surface area (Å²) in [6.07, 6.45) is 5.84. The van der Waals surface area contributed by atoms with Gasteiger partial charge in [0.2, 0.25) is 0 Å². The summed E-state index contributed by atoms with van der Waals surface area (Å²) in [5, 5.41) is 0. The first-order valence-corrected chi connectivity index (χ1v) is 6.04. The molecule has 96 valence electrons. The molecule has 0 unspecified atom stereocenters. The zero-order chi connectivity index (χ0) is 12.9. The van der Waals surface area contributed by atoms with E-state index in [9.17, 15) is 0 Å². The van der Waals surface area contributed by atoms with Crippen molar-refractivity contribution in [2.75, 3.05) is 13.1 Å². The van der Waals surface area contributed by atoms with Gasteiger partial charge in [-0.3, -0.25) is 4.90 Å². The number of hydrogen-bond acceptors (Lipinski definition) is 3. The van der Waals surface area contributed by atoms with Crippen LogP contribution in [0.1, 0.15) is 26.5 Å². The summed E-state index contributed by atoms with van der Waals surface area (Å²) >= 11 is 0. The maximum absolute atomic E-state index is 5.52. The van der Waals surface area contributed by atoms with E-state index in [2.05, 4.69) is 43.4 Å². The van der Waals surface area contributed by atoms with Crippen LogP contribution in [0.15, 0.2) is 25.2 Å². The fourth-order valence-corrected chi connectivity index (χ4v) is 1.69. The summed E-state index contributed by atoms with van der Waals surface area (Å²) < 4.78 is 2.03. The minimum atomic E-state index is 0.117. The Kier molecular flexibility index (Phi) is 4.90. The van der Waals surface area contributed by atoms with Crippen LogP contribution in [-0.4, -0.2) is 33.1 Å². The Morgan fingerprint density at radius 2 is 2.24 bits per heavy atom. The lowest BCUT2D eigenvalue weighted by atomic mass is 10.1. The highest BCUT2D eigenvalue weighted by molar-refractivity contribution is 4.99. The average Bonchev–Trinajstić information content (AvgIpc) is 2.64. The smallest absolute Gasteiger partial charge is 0.0950 e. The van der Waals surface area contributed by atoms with Crippen molar-refractivity contribution in [3.63, 3.8) is 0 Å². The summed E-state index contributed by atoms with van der Waals surface area (Å²) in [5.41, 5.74) is 6.71. The van der Waals surface area contributed by atoms with Gasteiger partial charge < -0.3 is 10.3 Å². The van der Waals surface area contributed by atoms with Crippen molar-refractivity contribution in [2.24, 2.45) is 5.73 Å². The van der Waals surface area contributed by atoms with Crippen molar-refractivity contribution in [2.45, 2.75) is 39.4 Å². The van der Waals surface area contributed by atoms with Crippen LogP contribution in [0.25, 0.3) is 0 Å². The Morgan fingerprint density at radius 1 is 1.53 bits per heavy atom. The van der Waals surface area contributed by atoms with E-state index in [1.165, 1.54) is 0 Å². The largest absolute Gasteiger partial charge is 0.336 e. The van der Waals surface area contributed by atoms with Gasteiger partial charge >= 0.3 is 0 Å². The Balaban J connectivity index is 2.68. The molecule has 1 aromatic heterocycles. The number of aromatic nitrogens is 2. The van der Waals surface area contributed by atoms with Crippen molar-refractivity contribution in [1.82, 2.24) is 14.5 Å². The van der Waals surface area contributed by atoms with Gasteiger partial charge in [-0.2, -0.15) is 0 Å². The zero-order valence-electron chi connectivity index (χ0n) is 11.2. The van der Waals surface area contributed by atoms with Gasteiger partial charge in [0.1, 0.15) is 0 Å². The number of nitrogens with two attached hydrogens (primary N) is 1. The Labute approximate surface area is 104 Å². The predicted molar refractivity (Wildman–Crippen MR) is 71.6 cm³/mol. The SMILES string of the molecule is C=CCN(Cc1cn(CCN)cn1)C(C)(C)C. The van der Waals surface area contributed by atoms with Crippen LogP contribution in [-0.2, 0) is 13.1 Å². The van der Waals surface area contributed by atoms with Crippen molar-refractivity contribution < 1.29 is 0 Å². The first kappa shape index (κ1) is 13.9. The highest BCUT2D eigenvalue weighted by atomic mass is 15.2. The van der Waals surface area contributed by atoms with Gasteiger partial charge in [-0.05, 0) is 20.8 Å². The van der Waals surface area contributed by atoms with Crippen LogP contribution in [0.3, 0.4) is 0 Å². The first-order valence-electron chi connectivity index (χ1n) is 6.04. The second kappa shape index (κ2) is 5.98. The number of imidazole rings is 1. The average molecular weight is 236 g/mol. The summed E-state index contributed by atoms with van der Waals surface area (Å²) in [7, 11) is 0. The molecule has 0 spiro atoms. The molecule has 0 aliphatic rings. The lowest BCUT2D eigenvalue weighted by molar-refractivity contribution is 0.144. The second-order valence-corrected chi connectivity index (χ2v) is 5.23. The molecule has 0 fully saturated rings. The maximum Gasteiger partial charge on any atom is 0.0950 e. The lowest BCUT2D eigenvalue weighted by Crippen LogP contribution is -2.40. The molecule has 4 heteroatoms. The maximum atomic E-state index is 5.52. The molecule has 4 nitrogen and oxygen atoms in total. The summed E-state index contributed by atoms with van der Waals surface area (Å²) in [4.78, 5) is 6.74. The number of hydrogen-bond donors (Lipinski definition) is 1. The molecule has 0 bridgehead atoms. The predicted octanol–water partition coefficient (Wildman–Crippen LogP) is 1.63. The van der Waals surface area contributed by atoms with Crippen molar-refractivity contribution in [1.29, 1.82) is 0 Å². The summed E-state index contributed by atoms with van der Waals surface area (Å²) in [6, 6.07) is 0. The van der Waals surface area contributed by atoms with E-state index in [4.69, 9.17) is 5.73 Å². The molecule has 0 aliphatic heterocycles. The standard InChI is InChI=1S/C13H24N4/c1-5-7-17(13(2,3)4)10-12-9-16(8-6-14)11-15-12/h5,9,11H,1,6-8,10,14H2,2-4H3.